The number of aromatic nitrogens is 2. The van der Waals surface area contributed by atoms with Gasteiger partial charge in [0, 0.05) is 19.3 Å². The number of carbonyl (C=O) groups is 1. The molecule has 0 spiro atoms. The molecule has 0 atom stereocenters. The zero-order chi connectivity index (χ0) is 12.4. The summed E-state index contributed by atoms with van der Waals surface area (Å²) >= 11 is 0. The molecular formula is C11H11FN4O. The monoisotopic (exact) mass is 234 g/mol. The molecule has 0 radical (unpaired) electrons. The largest absolute Gasteiger partial charge is 0.397 e. The van der Waals surface area contributed by atoms with E-state index in [1.165, 1.54) is 36.0 Å². The molecule has 0 aliphatic rings. The molecular weight excluding hydrogens is 223 g/mol. The Hall–Kier alpha value is -2.37. The normalized spacial score (nSPS) is 10.2. The standard InChI is InChI=1S/C11H11FN4O/c1-14-11(17)9-4-5-16(15-9)10-6-7(12)2-3-8(10)13/h2-6H,13H2,1H3,(H,14,17). The first-order valence-corrected chi connectivity index (χ1v) is 4.95. The minimum Gasteiger partial charge on any atom is -0.397 e. The fourth-order valence-electron chi connectivity index (χ4n) is 1.42. The number of nitrogens with one attached hydrogen (secondary N) is 1. The second-order valence-corrected chi connectivity index (χ2v) is 3.43. The molecule has 1 amide bonds. The summed E-state index contributed by atoms with van der Waals surface area (Å²) in [5.74, 6) is -0.718. The topological polar surface area (TPSA) is 72.9 Å². The van der Waals surface area contributed by atoms with E-state index in [4.69, 9.17) is 5.73 Å². The maximum atomic E-state index is 13.1. The predicted molar refractivity (Wildman–Crippen MR) is 61.3 cm³/mol. The van der Waals surface area contributed by atoms with Crippen molar-refractivity contribution in [2.24, 2.45) is 0 Å². The molecule has 5 nitrogen and oxygen atoms in total. The minimum absolute atomic E-state index is 0.246. The van der Waals surface area contributed by atoms with Crippen LogP contribution in [0.5, 0.6) is 0 Å². The lowest BCUT2D eigenvalue weighted by Crippen LogP contribution is -2.18. The van der Waals surface area contributed by atoms with E-state index in [-0.39, 0.29) is 11.6 Å². The summed E-state index contributed by atoms with van der Waals surface area (Å²) in [6.45, 7) is 0. The van der Waals surface area contributed by atoms with Crippen molar-refractivity contribution in [1.82, 2.24) is 15.1 Å². The van der Waals surface area contributed by atoms with Gasteiger partial charge in [0.2, 0.25) is 0 Å². The first kappa shape index (κ1) is 11.1. The van der Waals surface area contributed by atoms with Crippen molar-refractivity contribution in [1.29, 1.82) is 0 Å². The van der Waals surface area contributed by atoms with Gasteiger partial charge < -0.3 is 11.1 Å². The smallest absolute Gasteiger partial charge is 0.271 e. The van der Waals surface area contributed by atoms with Crippen LogP contribution in [-0.2, 0) is 0 Å². The van der Waals surface area contributed by atoms with Crippen molar-refractivity contribution < 1.29 is 9.18 Å². The highest BCUT2D eigenvalue weighted by molar-refractivity contribution is 5.91. The van der Waals surface area contributed by atoms with Crippen LogP contribution in [-0.4, -0.2) is 22.7 Å². The van der Waals surface area contributed by atoms with Gasteiger partial charge in [-0.05, 0) is 18.2 Å². The molecule has 0 aliphatic carbocycles. The van der Waals surface area contributed by atoms with Crippen LogP contribution in [0, 0.1) is 5.82 Å². The number of halogens is 1. The zero-order valence-corrected chi connectivity index (χ0v) is 9.14. The van der Waals surface area contributed by atoms with E-state index >= 15 is 0 Å². The number of benzene rings is 1. The van der Waals surface area contributed by atoms with Crippen molar-refractivity contribution >= 4 is 11.6 Å². The van der Waals surface area contributed by atoms with Crippen molar-refractivity contribution in [3.8, 4) is 5.69 Å². The number of amides is 1. The Morgan fingerprint density at radius 3 is 2.94 bits per heavy atom. The van der Waals surface area contributed by atoms with Gasteiger partial charge in [-0.25, -0.2) is 9.07 Å². The average molecular weight is 234 g/mol. The van der Waals surface area contributed by atoms with Gasteiger partial charge in [-0.15, -0.1) is 0 Å². The maximum absolute atomic E-state index is 13.1. The van der Waals surface area contributed by atoms with Crippen molar-refractivity contribution in [2.45, 2.75) is 0 Å². The van der Waals surface area contributed by atoms with Gasteiger partial charge in [0.15, 0.2) is 5.69 Å². The van der Waals surface area contributed by atoms with Gasteiger partial charge in [-0.2, -0.15) is 5.10 Å². The molecule has 3 N–H and O–H groups in total. The molecule has 0 fully saturated rings. The average Bonchev–Trinajstić information content (AvgIpc) is 2.80. The number of anilines is 1. The van der Waals surface area contributed by atoms with Crippen LogP contribution in [0.1, 0.15) is 10.5 Å². The Morgan fingerprint density at radius 2 is 2.24 bits per heavy atom. The molecule has 0 saturated carbocycles. The second kappa shape index (κ2) is 4.25. The van der Waals surface area contributed by atoms with Gasteiger partial charge >= 0.3 is 0 Å². The Morgan fingerprint density at radius 1 is 1.47 bits per heavy atom. The molecule has 2 aromatic rings. The third-order valence-electron chi connectivity index (χ3n) is 2.29. The molecule has 0 aliphatic heterocycles. The molecule has 0 bridgehead atoms. The molecule has 1 heterocycles. The molecule has 0 saturated heterocycles. The lowest BCUT2D eigenvalue weighted by atomic mass is 10.2. The lowest BCUT2D eigenvalue weighted by Gasteiger charge is -2.05. The lowest BCUT2D eigenvalue weighted by molar-refractivity contribution is 0.0957. The number of nitrogens with zero attached hydrogens (tertiary/aromatic N) is 2. The first-order valence-electron chi connectivity index (χ1n) is 4.95. The minimum atomic E-state index is -0.411. The summed E-state index contributed by atoms with van der Waals surface area (Å²) in [6, 6.07) is 5.51. The highest BCUT2D eigenvalue weighted by atomic mass is 19.1. The molecule has 1 aromatic carbocycles. The van der Waals surface area contributed by atoms with E-state index < -0.39 is 5.82 Å². The summed E-state index contributed by atoms with van der Waals surface area (Å²) in [7, 11) is 1.51. The highest BCUT2D eigenvalue weighted by Gasteiger charge is 2.10. The molecule has 6 heteroatoms. The van der Waals surface area contributed by atoms with E-state index in [1.54, 1.807) is 6.20 Å². The molecule has 2 rings (SSSR count). The predicted octanol–water partition coefficient (Wildman–Crippen LogP) is 0.953. The van der Waals surface area contributed by atoms with Crippen LogP contribution >= 0.6 is 0 Å². The van der Waals surface area contributed by atoms with E-state index in [0.717, 1.165) is 0 Å². The van der Waals surface area contributed by atoms with E-state index in [0.29, 0.717) is 11.4 Å². The van der Waals surface area contributed by atoms with Crippen molar-refractivity contribution in [2.75, 3.05) is 12.8 Å². The third kappa shape index (κ3) is 2.10. The van der Waals surface area contributed by atoms with Crippen molar-refractivity contribution in [3.05, 3.63) is 42.0 Å². The zero-order valence-electron chi connectivity index (χ0n) is 9.14. The first-order chi connectivity index (χ1) is 8.11. The number of rotatable bonds is 2. The summed E-state index contributed by atoms with van der Waals surface area (Å²) in [6.07, 6.45) is 1.55. The summed E-state index contributed by atoms with van der Waals surface area (Å²) in [4.78, 5) is 11.3. The third-order valence-corrected chi connectivity index (χ3v) is 2.29. The Bertz CT molecular complexity index is 564. The highest BCUT2D eigenvalue weighted by Crippen LogP contribution is 2.17. The number of hydrogen-bond donors (Lipinski definition) is 2. The van der Waals surface area contributed by atoms with E-state index in [1.807, 2.05) is 0 Å². The molecule has 0 unspecified atom stereocenters. The van der Waals surface area contributed by atoms with Gasteiger partial charge in [-0.3, -0.25) is 4.79 Å². The van der Waals surface area contributed by atoms with Gasteiger partial charge in [0.05, 0.1) is 11.4 Å². The van der Waals surface area contributed by atoms with Crippen LogP contribution in [0.3, 0.4) is 0 Å². The summed E-state index contributed by atoms with van der Waals surface area (Å²) < 4.78 is 14.5. The molecule has 88 valence electrons. The fourth-order valence-corrected chi connectivity index (χ4v) is 1.42. The van der Waals surface area contributed by atoms with Gasteiger partial charge in [-0.1, -0.05) is 0 Å². The number of nitrogen functional groups attached to an aromatic ring is 1. The number of nitrogens with two attached hydrogens (primary N) is 1. The van der Waals surface area contributed by atoms with Crippen LogP contribution in [0.4, 0.5) is 10.1 Å². The van der Waals surface area contributed by atoms with E-state index in [2.05, 4.69) is 10.4 Å². The number of carbonyl (C=O) groups excluding carboxylic acids is 1. The Labute approximate surface area is 97.0 Å². The van der Waals surface area contributed by atoms with Crippen LogP contribution in [0.25, 0.3) is 5.69 Å². The summed E-state index contributed by atoms with van der Waals surface area (Å²) in [5, 5.41) is 6.46. The van der Waals surface area contributed by atoms with Gasteiger partial charge in [0.25, 0.3) is 5.91 Å². The number of hydrogen-bond acceptors (Lipinski definition) is 3. The van der Waals surface area contributed by atoms with Crippen LogP contribution in [0.2, 0.25) is 0 Å². The van der Waals surface area contributed by atoms with Gasteiger partial charge in [0.1, 0.15) is 5.82 Å². The molecule has 17 heavy (non-hydrogen) atoms. The van der Waals surface area contributed by atoms with Crippen LogP contribution in [0.15, 0.2) is 30.5 Å². The molecule has 1 aromatic heterocycles. The fraction of sp³-hybridized carbons (Fsp3) is 0.0909. The Kier molecular flexibility index (Phi) is 2.78. The summed E-state index contributed by atoms with van der Waals surface area (Å²) in [5.41, 5.74) is 6.75. The van der Waals surface area contributed by atoms with E-state index in [9.17, 15) is 9.18 Å². The SMILES string of the molecule is CNC(=O)c1ccn(-c2cc(F)ccc2N)n1. The maximum Gasteiger partial charge on any atom is 0.271 e. The van der Waals surface area contributed by atoms with Crippen LogP contribution < -0.4 is 11.1 Å². The Balaban J connectivity index is 2.43. The van der Waals surface area contributed by atoms with Crippen molar-refractivity contribution in [3.63, 3.8) is 0 Å². The quantitative estimate of drug-likeness (QED) is 0.760. The second-order valence-electron chi connectivity index (χ2n) is 3.43.